The molecule has 4 heteroatoms. The second kappa shape index (κ2) is 6.95. The number of rotatable bonds is 6. The number of furan rings is 1. The van der Waals surface area contributed by atoms with Crippen LogP contribution in [0.2, 0.25) is 0 Å². The minimum absolute atomic E-state index is 0.246. The molecule has 21 heavy (non-hydrogen) atoms. The summed E-state index contributed by atoms with van der Waals surface area (Å²) in [7, 11) is 2.13. The van der Waals surface area contributed by atoms with E-state index in [1.165, 1.54) is 0 Å². The summed E-state index contributed by atoms with van der Waals surface area (Å²) in [4.78, 5) is 2.30. The monoisotopic (exact) mass is 352 g/mol. The van der Waals surface area contributed by atoms with Gasteiger partial charge in [0.05, 0.1) is 6.04 Å². The van der Waals surface area contributed by atoms with Crippen LogP contribution in [-0.2, 0) is 0 Å². The predicted octanol–water partition coefficient (Wildman–Crippen LogP) is 4.56. The molecule has 0 saturated heterocycles. The first-order valence-electron chi connectivity index (χ1n) is 7.53. The highest BCUT2D eigenvalue weighted by Gasteiger charge is 2.17. The van der Waals surface area contributed by atoms with Gasteiger partial charge in [0, 0.05) is 22.4 Å². The molecule has 0 bridgehead atoms. The summed E-state index contributed by atoms with van der Waals surface area (Å²) in [5.74, 6) is 1.53. The van der Waals surface area contributed by atoms with Crippen molar-refractivity contribution in [2.75, 3.05) is 13.6 Å². The Morgan fingerprint density at radius 3 is 2.62 bits per heavy atom. The summed E-state index contributed by atoms with van der Waals surface area (Å²) in [5, 5.41) is 1.14. The lowest BCUT2D eigenvalue weighted by Crippen LogP contribution is -2.32. The van der Waals surface area contributed by atoms with Crippen LogP contribution < -0.4 is 5.73 Å². The number of nitrogens with two attached hydrogens (primary N) is 1. The molecular formula is C17H25BrN2O. The van der Waals surface area contributed by atoms with Gasteiger partial charge in [0.2, 0.25) is 0 Å². The molecule has 2 rings (SSSR count). The molecule has 2 aromatic rings. The molecule has 2 unspecified atom stereocenters. The van der Waals surface area contributed by atoms with E-state index in [-0.39, 0.29) is 12.1 Å². The van der Waals surface area contributed by atoms with Gasteiger partial charge in [-0.1, -0.05) is 29.8 Å². The molecule has 0 amide bonds. The van der Waals surface area contributed by atoms with Gasteiger partial charge in [-0.25, -0.2) is 0 Å². The van der Waals surface area contributed by atoms with Crippen molar-refractivity contribution in [1.29, 1.82) is 0 Å². The molecule has 3 nitrogen and oxygen atoms in total. The first kappa shape index (κ1) is 16.5. The molecule has 0 radical (unpaired) electrons. The predicted molar refractivity (Wildman–Crippen MR) is 92.4 cm³/mol. The molecule has 116 valence electrons. The molecule has 2 atom stereocenters. The van der Waals surface area contributed by atoms with Gasteiger partial charge in [-0.3, -0.25) is 4.90 Å². The van der Waals surface area contributed by atoms with Crippen LogP contribution in [0.5, 0.6) is 0 Å². The molecule has 0 saturated carbocycles. The third-order valence-electron chi connectivity index (χ3n) is 4.24. The number of halogens is 1. The summed E-state index contributed by atoms with van der Waals surface area (Å²) in [6.07, 6.45) is 1.00. The highest BCUT2D eigenvalue weighted by Crippen LogP contribution is 2.28. The number of fused-ring (bicyclic) bond motifs is 1. The van der Waals surface area contributed by atoms with Gasteiger partial charge < -0.3 is 10.2 Å². The Hall–Kier alpha value is -0.840. The van der Waals surface area contributed by atoms with Crippen molar-refractivity contribution in [3.8, 4) is 0 Å². The molecule has 1 heterocycles. The van der Waals surface area contributed by atoms with E-state index in [2.05, 4.69) is 60.8 Å². The smallest absolute Gasteiger partial charge is 0.134 e. The van der Waals surface area contributed by atoms with E-state index in [9.17, 15) is 0 Å². The lowest BCUT2D eigenvalue weighted by Gasteiger charge is -2.25. The van der Waals surface area contributed by atoms with Crippen LogP contribution in [-0.4, -0.2) is 24.5 Å². The van der Waals surface area contributed by atoms with E-state index in [1.54, 1.807) is 0 Å². The molecule has 1 aromatic carbocycles. The Morgan fingerprint density at radius 1 is 1.24 bits per heavy atom. The van der Waals surface area contributed by atoms with E-state index in [0.717, 1.165) is 34.2 Å². The topological polar surface area (TPSA) is 42.4 Å². The van der Waals surface area contributed by atoms with Crippen molar-refractivity contribution in [1.82, 2.24) is 4.90 Å². The SMILES string of the molecule is CC(C)C(N)CCN(C)C(C)c1cc2cc(Br)ccc2o1. The largest absolute Gasteiger partial charge is 0.459 e. The molecule has 0 aliphatic carbocycles. The number of hydrogen-bond donors (Lipinski definition) is 1. The maximum Gasteiger partial charge on any atom is 0.134 e. The molecular weight excluding hydrogens is 328 g/mol. The van der Waals surface area contributed by atoms with E-state index in [0.29, 0.717) is 5.92 Å². The number of hydrogen-bond acceptors (Lipinski definition) is 3. The molecule has 2 N–H and O–H groups in total. The van der Waals surface area contributed by atoms with Crippen molar-refractivity contribution < 1.29 is 4.42 Å². The van der Waals surface area contributed by atoms with Gasteiger partial charge >= 0.3 is 0 Å². The third kappa shape index (κ3) is 4.09. The Balaban J connectivity index is 2.05. The number of nitrogens with zero attached hydrogens (tertiary/aromatic N) is 1. The lowest BCUT2D eigenvalue weighted by molar-refractivity contribution is 0.220. The van der Waals surface area contributed by atoms with Gasteiger partial charge in [-0.15, -0.1) is 0 Å². The quantitative estimate of drug-likeness (QED) is 0.828. The van der Waals surface area contributed by atoms with Crippen molar-refractivity contribution >= 4 is 26.9 Å². The Bertz CT molecular complexity index is 593. The fourth-order valence-electron chi connectivity index (χ4n) is 2.34. The normalized spacial score (nSPS) is 15.0. The molecule has 0 aliphatic heterocycles. The summed E-state index contributed by atoms with van der Waals surface area (Å²) in [5.41, 5.74) is 7.06. The fraction of sp³-hybridized carbons (Fsp3) is 0.529. The van der Waals surface area contributed by atoms with Crippen LogP contribution in [0.4, 0.5) is 0 Å². The highest BCUT2D eigenvalue weighted by atomic mass is 79.9. The summed E-state index contributed by atoms with van der Waals surface area (Å²) in [6.45, 7) is 7.49. The van der Waals surface area contributed by atoms with Gasteiger partial charge in [0.15, 0.2) is 0 Å². The van der Waals surface area contributed by atoms with Crippen molar-refractivity contribution in [3.63, 3.8) is 0 Å². The second-order valence-electron chi connectivity index (χ2n) is 6.18. The van der Waals surface area contributed by atoms with Gasteiger partial charge in [0.25, 0.3) is 0 Å². The number of benzene rings is 1. The third-order valence-corrected chi connectivity index (χ3v) is 4.74. The average molecular weight is 353 g/mol. The molecule has 0 spiro atoms. The fourth-order valence-corrected chi connectivity index (χ4v) is 2.72. The molecule has 0 fully saturated rings. The summed E-state index contributed by atoms with van der Waals surface area (Å²) >= 11 is 3.50. The Kier molecular flexibility index (Phi) is 5.47. The first-order chi connectivity index (χ1) is 9.88. The molecule has 0 aliphatic rings. The van der Waals surface area contributed by atoms with Crippen LogP contribution in [0.1, 0.15) is 39.0 Å². The van der Waals surface area contributed by atoms with Crippen LogP contribution in [0.25, 0.3) is 11.0 Å². The Labute approximate surface area is 135 Å². The Morgan fingerprint density at radius 2 is 1.95 bits per heavy atom. The van der Waals surface area contributed by atoms with E-state index in [4.69, 9.17) is 10.2 Å². The lowest BCUT2D eigenvalue weighted by atomic mass is 10.0. The van der Waals surface area contributed by atoms with Crippen LogP contribution in [0, 0.1) is 5.92 Å². The minimum Gasteiger partial charge on any atom is -0.459 e. The highest BCUT2D eigenvalue weighted by molar-refractivity contribution is 9.10. The van der Waals surface area contributed by atoms with Crippen LogP contribution >= 0.6 is 15.9 Å². The van der Waals surface area contributed by atoms with Gasteiger partial charge in [0.1, 0.15) is 11.3 Å². The van der Waals surface area contributed by atoms with Crippen molar-refractivity contribution in [3.05, 3.63) is 34.5 Å². The maximum atomic E-state index is 6.13. The zero-order chi connectivity index (χ0) is 15.6. The standard InChI is InChI=1S/C17H25BrN2O/c1-11(2)15(19)7-8-20(4)12(3)17-10-13-9-14(18)5-6-16(13)21-17/h5-6,9-12,15H,7-8,19H2,1-4H3. The minimum atomic E-state index is 0.246. The summed E-state index contributed by atoms with van der Waals surface area (Å²) < 4.78 is 7.04. The zero-order valence-corrected chi connectivity index (χ0v) is 14.9. The van der Waals surface area contributed by atoms with Gasteiger partial charge in [-0.2, -0.15) is 0 Å². The van der Waals surface area contributed by atoms with E-state index < -0.39 is 0 Å². The zero-order valence-electron chi connectivity index (χ0n) is 13.3. The van der Waals surface area contributed by atoms with Crippen LogP contribution in [0.3, 0.4) is 0 Å². The first-order valence-corrected chi connectivity index (χ1v) is 8.32. The molecule has 1 aromatic heterocycles. The van der Waals surface area contributed by atoms with E-state index >= 15 is 0 Å². The summed E-state index contributed by atoms with van der Waals surface area (Å²) in [6, 6.07) is 8.73. The average Bonchev–Trinajstić information content (AvgIpc) is 2.86. The van der Waals surface area contributed by atoms with Gasteiger partial charge in [-0.05, 0) is 50.6 Å². The second-order valence-corrected chi connectivity index (χ2v) is 7.10. The van der Waals surface area contributed by atoms with Crippen molar-refractivity contribution in [2.45, 2.75) is 39.3 Å². The van der Waals surface area contributed by atoms with E-state index in [1.807, 2.05) is 12.1 Å². The van der Waals surface area contributed by atoms with Crippen LogP contribution in [0.15, 0.2) is 33.2 Å². The maximum absolute atomic E-state index is 6.13. The van der Waals surface area contributed by atoms with Crippen molar-refractivity contribution in [2.24, 2.45) is 11.7 Å².